The fourth-order valence-corrected chi connectivity index (χ4v) is 1.62. The zero-order chi connectivity index (χ0) is 10.3. The quantitative estimate of drug-likeness (QED) is 0.676. The normalized spacial score (nSPS) is 24.9. The van der Waals surface area contributed by atoms with Crippen LogP contribution < -0.4 is 0 Å². The smallest absolute Gasteiger partial charge is 0.159 e. The van der Waals surface area contributed by atoms with Gasteiger partial charge in [0.1, 0.15) is 0 Å². The molecular formula is C11H10F2O. The Kier molecular flexibility index (Phi) is 2.11. The van der Waals surface area contributed by atoms with Crippen molar-refractivity contribution in [3.05, 3.63) is 41.0 Å². The number of hydrogen-bond donors (Lipinski definition) is 1. The lowest BCUT2D eigenvalue weighted by atomic mass is 9.88. The molecule has 2 rings (SSSR count). The Balaban J connectivity index is 2.58. The van der Waals surface area contributed by atoms with E-state index in [9.17, 15) is 13.9 Å². The van der Waals surface area contributed by atoms with Crippen molar-refractivity contribution in [1.29, 1.82) is 0 Å². The van der Waals surface area contributed by atoms with Crippen molar-refractivity contribution in [3.63, 3.8) is 0 Å². The van der Waals surface area contributed by atoms with E-state index in [1.807, 2.05) is 6.92 Å². The number of fused-ring (bicyclic) bond motifs is 1. The summed E-state index contributed by atoms with van der Waals surface area (Å²) in [4.78, 5) is 0. The molecule has 0 heterocycles. The van der Waals surface area contributed by atoms with Gasteiger partial charge in [-0.1, -0.05) is 19.1 Å². The molecule has 1 nitrogen and oxygen atoms in total. The molecule has 0 saturated carbocycles. The maximum absolute atomic E-state index is 12.9. The van der Waals surface area contributed by atoms with Crippen LogP contribution in [0, 0.1) is 17.6 Å². The highest BCUT2D eigenvalue weighted by Crippen LogP contribution is 2.32. The first-order valence-electron chi connectivity index (χ1n) is 4.45. The van der Waals surface area contributed by atoms with Gasteiger partial charge in [-0.15, -0.1) is 0 Å². The second kappa shape index (κ2) is 3.17. The van der Waals surface area contributed by atoms with Crippen LogP contribution in [0.25, 0.3) is 6.08 Å². The number of halogens is 2. The van der Waals surface area contributed by atoms with Crippen LogP contribution in [0.15, 0.2) is 18.2 Å². The van der Waals surface area contributed by atoms with E-state index in [0.29, 0.717) is 11.1 Å². The van der Waals surface area contributed by atoms with Crippen molar-refractivity contribution in [1.82, 2.24) is 0 Å². The molecule has 14 heavy (non-hydrogen) atoms. The van der Waals surface area contributed by atoms with Gasteiger partial charge in [-0.05, 0) is 23.3 Å². The standard InChI is InChI=1S/C11H10F2O/c1-6-2-3-7-4-9(12)10(13)5-8(7)11(6)14/h2-6,11,14H,1H3/t6-,11-/m0/s1. The first kappa shape index (κ1) is 9.34. The molecular weight excluding hydrogens is 186 g/mol. The molecule has 1 aliphatic rings. The third-order valence-electron chi connectivity index (χ3n) is 2.52. The Labute approximate surface area is 80.7 Å². The van der Waals surface area contributed by atoms with E-state index in [1.165, 1.54) is 0 Å². The fraction of sp³-hybridized carbons (Fsp3) is 0.273. The molecule has 0 fully saturated rings. The molecule has 1 N–H and O–H groups in total. The van der Waals surface area contributed by atoms with Crippen LogP contribution in [0.1, 0.15) is 24.2 Å². The number of hydrogen-bond acceptors (Lipinski definition) is 1. The molecule has 1 aromatic rings. The van der Waals surface area contributed by atoms with Gasteiger partial charge in [-0.25, -0.2) is 8.78 Å². The van der Waals surface area contributed by atoms with E-state index >= 15 is 0 Å². The van der Waals surface area contributed by atoms with Crippen LogP contribution >= 0.6 is 0 Å². The highest BCUT2D eigenvalue weighted by Gasteiger charge is 2.22. The monoisotopic (exact) mass is 196 g/mol. The molecule has 0 radical (unpaired) electrons. The Morgan fingerprint density at radius 2 is 1.86 bits per heavy atom. The molecule has 74 valence electrons. The average molecular weight is 196 g/mol. The minimum absolute atomic E-state index is 0.0626. The average Bonchev–Trinajstić information content (AvgIpc) is 2.15. The Morgan fingerprint density at radius 3 is 2.57 bits per heavy atom. The maximum Gasteiger partial charge on any atom is 0.159 e. The lowest BCUT2D eigenvalue weighted by Crippen LogP contribution is -2.12. The Morgan fingerprint density at radius 1 is 1.21 bits per heavy atom. The summed E-state index contributed by atoms with van der Waals surface area (Å²) in [5.74, 6) is -1.85. The van der Waals surface area contributed by atoms with E-state index in [2.05, 4.69) is 0 Å². The maximum atomic E-state index is 12.9. The number of benzene rings is 1. The summed E-state index contributed by atoms with van der Waals surface area (Å²) in [6, 6.07) is 2.17. The third kappa shape index (κ3) is 1.34. The predicted molar refractivity (Wildman–Crippen MR) is 49.5 cm³/mol. The molecule has 0 aromatic heterocycles. The summed E-state index contributed by atoms with van der Waals surface area (Å²) in [7, 11) is 0. The molecule has 0 unspecified atom stereocenters. The van der Waals surface area contributed by atoms with Gasteiger partial charge in [0.15, 0.2) is 11.6 Å². The van der Waals surface area contributed by atoms with Crippen LogP contribution in [-0.4, -0.2) is 5.11 Å². The fourth-order valence-electron chi connectivity index (χ4n) is 1.62. The van der Waals surface area contributed by atoms with Crippen molar-refractivity contribution >= 4 is 6.08 Å². The van der Waals surface area contributed by atoms with E-state index in [4.69, 9.17) is 0 Å². The molecule has 0 aliphatic heterocycles. The molecule has 1 aromatic carbocycles. The molecule has 0 spiro atoms. The summed E-state index contributed by atoms with van der Waals surface area (Å²) in [5, 5.41) is 9.70. The zero-order valence-corrected chi connectivity index (χ0v) is 7.67. The van der Waals surface area contributed by atoms with Gasteiger partial charge in [-0.3, -0.25) is 0 Å². The summed E-state index contributed by atoms with van der Waals surface area (Å²) < 4.78 is 25.7. The van der Waals surface area contributed by atoms with Crippen molar-refractivity contribution in [2.24, 2.45) is 5.92 Å². The summed E-state index contributed by atoms with van der Waals surface area (Å²) in [5.41, 5.74) is 1.01. The van der Waals surface area contributed by atoms with E-state index < -0.39 is 17.7 Å². The van der Waals surface area contributed by atoms with Crippen LogP contribution in [0.3, 0.4) is 0 Å². The third-order valence-corrected chi connectivity index (χ3v) is 2.52. The highest BCUT2D eigenvalue weighted by molar-refractivity contribution is 5.57. The SMILES string of the molecule is C[C@H]1C=Cc2cc(F)c(F)cc2[C@H]1O. The second-order valence-electron chi connectivity index (χ2n) is 3.56. The summed E-state index contributed by atoms with van der Waals surface area (Å²) in [6.07, 6.45) is 2.74. The van der Waals surface area contributed by atoms with Gasteiger partial charge in [0.2, 0.25) is 0 Å². The second-order valence-corrected chi connectivity index (χ2v) is 3.56. The first-order valence-corrected chi connectivity index (χ1v) is 4.45. The topological polar surface area (TPSA) is 20.2 Å². The number of rotatable bonds is 0. The van der Waals surface area contributed by atoms with Crippen molar-refractivity contribution in [2.75, 3.05) is 0 Å². The van der Waals surface area contributed by atoms with Crippen LogP contribution in [0.2, 0.25) is 0 Å². The molecule has 3 heteroatoms. The zero-order valence-electron chi connectivity index (χ0n) is 7.67. The Bertz CT molecular complexity index is 399. The number of aliphatic hydroxyl groups is 1. The molecule has 0 saturated heterocycles. The van der Waals surface area contributed by atoms with Gasteiger partial charge >= 0.3 is 0 Å². The molecule has 0 amide bonds. The van der Waals surface area contributed by atoms with Crippen LogP contribution in [-0.2, 0) is 0 Å². The van der Waals surface area contributed by atoms with Crippen molar-refractivity contribution in [2.45, 2.75) is 13.0 Å². The molecule has 0 bridgehead atoms. The summed E-state index contributed by atoms with van der Waals surface area (Å²) >= 11 is 0. The van der Waals surface area contributed by atoms with Crippen LogP contribution in [0.5, 0.6) is 0 Å². The van der Waals surface area contributed by atoms with E-state index in [-0.39, 0.29) is 5.92 Å². The lowest BCUT2D eigenvalue weighted by molar-refractivity contribution is 0.137. The summed E-state index contributed by atoms with van der Waals surface area (Å²) in [6.45, 7) is 1.82. The van der Waals surface area contributed by atoms with Crippen LogP contribution in [0.4, 0.5) is 8.78 Å². The Hall–Kier alpha value is -1.22. The van der Waals surface area contributed by atoms with Crippen molar-refractivity contribution < 1.29 is 13.9 Å². The van der Waals surface area contributed by atoms with E-state index in [0.717, 1.165) is 12.1 Å². The minimum Gasteiger partial charge on any atom is -0.388 e. The molecule has 1 aliphatic carbocycles. The van der Waals surface area contributed by atoms with Gasteiger partial charge in [-0.2, -0.15) is 0 Å². The minimum atomic E-state index is -0.912. The largest absolute Gasteiger partial charge is 0.388 e. The van der Waals surface area contributed by atoms with Gasteiger partial charge in [0.05, 0.1) is 6.10 Å². The van der Waals surface area contributed by atoms with Crippen molar-refractivity contribution in [3.8, 4) is 0 Å². The van der Waals surface area contributed by atoms with E-state index in [1.54, 1.807) is 12.2 Å². The van der Waals surface area contributed by atoms with Gasteiger partial charge in [0, 0.05) is 5.92 Å². The number of aliphatic hydroxyl groups excluding tert-OH is 1. The predicted octanol–water partition coefficient (Wildman–Crippen LogP) is 2.66. The molecule has 2 atom stereocenters. The highest BCUT2D eigenvalue weighted by atomic mass is 19.2. The first-order chi connectivity index (χ1) is 6.59. The van der Waals surface area contributed by atoms with Gasteiger partial charge < -0.3 is 5.11 Å². The van der Waals surface area contributed by atoms with Gasteiger partial charge in [0.25, 0.3) is 0 Å². The lowest BCUT2D eigenvalue weighted by Gasteiger charge is -2.22.